The normalized spacial score (nSPS) is 11.0. The van der Waals surface area contributed by atoms with Crippen molar-refractivity contribution >= 4 is 10.8 Å². The Balaban J connectivity index is 2.05. The fourth-order valence-corrected chi connectivity index (χ4v) is 2.52. The van der Waals surface area contributed by atoms with E-state index in [0.29, 0.717) is 0 Å². The molecule has 0 radical (unpaired) electrons. The molecule has 2 heterocycles. The molecular weight excluding hydrogens is 248 g/mol. The van der Waals surface area contributed by atoms with E-state index in [1.165, 1.54) is 10.8 Å². The summed E-state index contributed by atoms with van der Waals surface area (Å²) in [5.41, 5.74) is 2.25. The molecule has 4 heteroatoms. The van der Waals surface area contributed by atoms with Crippen LogP contribution in [-0.4, -0.2) is 19.1 Å². The molecule has 2 aromatic carbocycles. The standard InChI is InChI=1S/C16H12N4/c1-2-4-14-13(3-1)15(19-9-7-17-11-19)5-6-16(14)20-10-8-18-12-20/h1-12H. The molecule has 4 nitrogen and oxygen atoms in total. The molecule has 0 N–H and O–H groups in total. The van der Waals surface area contributed by atoms with Crippen LogP contribution in [0.1, 0.15) is 0 Å². The summed E-state index contributed by atoms with van der Waals surface area (Å²) >= 11 is 0. The first-order valence-electron chi connectivity index (χ1n) is 6.42. The summed E-state index contributed by atoms with van der Waals surface area (Å²) in [6.07, 6.45) is 11.1. The van der Waals surface area contributed by atoms with Gasteiger partial charge < -0.3 is 9.13 Å². The number of hydrogen-bond acceptors (Lipinski definition) is 2. The van der Waals surface area contributed by atoms with Gasteiger partial charge >= 0.3 is 0 Å². The summed E-state index contributed by atoms with van der Waals surface area (Å²) in [7, 11) is 0. The van der Waals surface area contributed by atoms with Crippen molar-refractivity contribution in [1.82, 2.24) is 19.1 Å². The number of nitrogens with zero attached hydrogens (tertiary/aromatic N) is 4. The Bertz CT molecular complexity index is 773. The van der Waals surface area contributed by atoms with E-state index < -0.39 is 0 Å². The van der Waals surface area contributed by atoms with E-state index in [1.807, 2.05) is 34.2 Å². The molecule has 20 heavy (non-hydrogen) atoms. The van der Waals surface area contributed by atoms with Gasteiger partial charge in [-0.05, 0) is 12.1 Å². The number of imidazole rings is 2. The molecule has 0 saturated carbocycles. The summed E-state index contributed by atoms with van der Waals surface area (Å²) in [6.45, 7) is 0. The van der Waals surface area contributed by atoms with Gasteiger partial charge in [0.2, 0.25) is 0 Å². The molecule has 0 fully saturated rings. The van der Waals surface area contributed by atoms with Crippen LogP contribution in [0.3, 0.4) is 0 Å². The first-order chi connectivity index (χ1) is 9.93. The monoisotopic (exact) mass is 260 g/mol. The highest BCUT2D eigenvalue weighted by molar-refractivity contribution is 5.96. The fourth-order valence-electron chi connectivity index (χ4n) is 2.52. The molecule has 0 bridgehead atoms. The minimum atomic E-state index is 1.13. The van der Waals surface area contributed by atoms with E-state index in [4.69, 9.17) is 0 Å². The largest absolute Gasteiger partial charge is 0.306 e. The average molecular weight is 260 g/mol. The number of benzene rings is 2. The maximum Gasteiger partial charge on any atom is 0.0991 e. The van der Waals surface area contributed by atoms with Crippen molar-refractivity contribution in [3.05, 3.63) is 73.8 Å². The lowest BCUT2D eigenvalue weighted by molar-refractivity contribution is 1.05. The average Bonchev–Trinajstić information content (AvgIpc) is 3.19. The van der Waals surface area contributed by atoms with Crippen molar-refractivity contribution in [2.24, 2.45) is 0 Å². The van der Waals surface area contributed by atoms with Crippen molar-refractivity contribution in [3.8, 4) is 11.4 Å². The zero-order chi connectivity index (χ0) is 13.4. The number of fused-ring (bicyclic) bond motifs is 1. The van der Waals surface area contributed by atoms with Gasteiger partial charge in [-0.1, -0.05) is 24.3 Å². The Kier molecular flexibility index (Phi) is 2.39. The van der Waals surface area contributed by atoms with Crippen molar-refractivity contribution in [2.45, 2.75) is 0 Å². The summed E-state index contributed by atoms with van der Waals surface area (Å²) in [5.74, 6) is 0. The van der Waals surface area contributed by atoms with Crippen LogP contribution in [0.5, 0.6) is 0 Å². The van der Waals surface area contributed by atoms with Gasteiger partial charge in [-0.25, -0.2) is 9.97 Å². The highest BCUT2D eigenvalue weighted by Gasteiger charge is 2.07. The van der Waals surface area contributed by atoms with Crippen LogP contribution in [-0.2, 0) is 0 Å². The molecule has 0 spiro atoms. The van der Waals surface area contributed by atoms with Crippen molar-refractivity contribution in [2.75, 3.05) is 0 Å². The quantitative estimate of drug-likeness (QED) is 0.555. The Hall–Kier alpha value is -2.88. The highest BCUT2D eigenvalue weighted by atomic mass is 15.0. The highest BCUT2D eigenvalue weighted by Crippen LogP contribution is 2.27. The molecule has 4 rings (SSSR count). The molecule has 4 aromatic rings. The molecule has 0 aliphatic heterocycles. The second kappa shape index (κ2) is 4.35. The van der Waals surface area contributed by atoms with Gasteiger partial charge in [0.25, 0.3) is 0 Å². The Morgan fingerprint density at radius 2 is 1.15 bits per heavy atom. The maximum atomic E-state index is 4.13. The van der Waals surface area contributed by atoms with Gasteiger partial charge in [0, 0.05) is 35.6 Å². The number of hydrogen-bond donors (Lipinski definition) is 0. The first-order valence-corrected chi connectivity index (χ1v) is 6.42. The molecule has 0 aliphatic rings. The van der Waals surface area contributed by atoms with Crippen molar-refractivity contribution < 1.29 is 0 Å². The third-order valence-electron chi connectivity index (χ3n) is 3.44. The van der Waals surface area contributed by atoms with E-state index in [9.17, 15) is 0 Å². The molecule has 96 valence electrons. The van der Waals surface area contributed by atoms with Crippen LogP contribution in [0.15, 0.2) is 73.8 Å². The maximum absolute atomic E-state index is 4.13. The third kappa shape index (κ3) is 1.62. The minimum absolute atomic E-state index is 1.13. The van der Waals surface area contributed by atoms with Gasteiger partial charge in [-0.2, -0.15) is 0 Å². The summed E-state index contributed by atoms with van der Waals surface area (Å²) in [6, 6.07) is 12.6. The van der Waals surface area contributed by atoms with Crippen LogP contribution in [0.2, 0.25) is 0 Å². The van der Waals surface area contributed by atoms with E-state index in [0.717, 1.165) is 11.4 Å². The van der Waals surface area contributed by atoms with Crippen molar-refractivity contribution in [3.63, 3.8) is 0 Å². The molecule has 0 atom stereocenters. The summed E-state index contributed by atoms with van der Waals surface area (Å²) in [4.78, 5) is 8.25. The van der Waals surface area contributed by atoms with Gasteiger partial charge in [-0.3, -0.25) is 0 Å². The van der Waals surface area contributed by atoms with Crippen LogP contribution >= 0.6 is 0 Å². The lowest BCUT2D eigenvalue weighted by Gasteiger charge is -2.12. The fraction of sp³-hybridized carbons (Fsp3) is 0. The molecule has 2 aromatic heterocycles. The zero-order valence-corrected chi connectivity index (χ0v) is 10.7. The third-order valence-corrected chi connectivity index (χ3v) is 3.44. The lowest BCUT2D eigenvalue weighted by Crippen LogP contribution is -1.96. The smallest absolute Gasteiger partial charge is 0.0991 e. The second-order valence-electron chi connectivity index (χ2n) is 4.59. The Labute approximate surface area is 116 Å². The van der Waals surface area contributed by atoms with E-state index >= 15 is 0 Å². The minimum Gasteiger partial charge on any atom is -0.306 e. The Morgan fingerprint density at radius 1 is 0.650 bits per heavy atom. The van der Waals surface area contributed by atoms with Gasteiger partial charge in [-0.15, -0.1) is 0 Å². The predicted molar refractivity (Wildman–Crippen MR) is 78.2 cm³/mol. The SMILES string of the molecule is c1ccc2c(-n3ccnc3)ccc(-n3ccnc3)c2c1. The van der Waals surface area contributed by atoms with Crippen LogP contribution in [0.25, 0.3) is 22.1 Å². The van der Waals surface area contributed by atoms with Gasteiger partial charge in [0.15, 0.2) is 0 Å². The van der Waals surface area contributed by atoms with Gasteiger partial charge in [0.1, 0.15) is 0 Å². The lowest BCUT2D eigenvalue weighted by atomic mass is 10.1. The molecule has 0 amide bonds. The predicted octanol–water partition coefficient (Wildman–Crippen LogP) is 3.21. The first kappa shape index (κ1) is 11.0. The summed E-state index contributed by atoms with van der Waals surface area (Å²) < 4.78 is 4.06. The zero-order valence-electron chi connectivity index (χ0n) is 10.7. The number of aromatic nitrogens is 4. The second-order valence-corrected chi connectivity index (χ2v) is 4.59. The number of rotatable bonds is 2. The van der Waals surface area contributed by atoms with Crippen LogP contribution in [0.4, 0.5) is 0 Å². The molecule has 0 saturated heterocycles. The van der Waals surface area contributed by atoms with Crippen molar-refractivity contribution in [1.29, 1.82) is 0 Å². The Morgan fingerprint density at radius 3 is 1.55 bits per heavy atom. The summed E-state index contributed by atoms with van der Waals surface area (Å²) in [5, 5.41) is 2.38. The topological polar surface area (TPSA) is 35.6 Å². The molecule has 0 unspecified atom stereocenters. The molecular formula is C16H12N4. The van der Waals surface area contributed by atoms with E-state index in [2.05, 4.69) is 46.4 Å². The van der Waals surface area contributed by atoms with Crippen LogP contribution < -0.4 is 0 Å². The van der Waals surface area contributed by atoms with E-state index in [-0.39, 0.29) is 0 Å². The van der Waals surface area contributed by atoms with E-state index in [1.54, 1.807) is 12.4 Å². The van der Waals surface area contributed by atoms with Crippen LogP contribution in [0, 0.1) is 0 Å². The van der Waals surface area contributed by atoms with Gasteiger partial charge in [0.05, 0.1) is 24.0 Å². The molecule has 0 aliphatic carbocycles.